The van der Waals surface area contributed by atoms with Crippen molar-refractivity contribution in [2.24, 2.45) is 5.10 Å². The Morgan fingerprint density at radius 2 is 2.27 bits per heavy atom. The van der Waals surface area contributed by atoms with E-state index >= 15 is 0 Å². The van der Waals surface area contributed by atoms with E-state index in [1.54, 1.807) is 0 Å². The van der Waals surface area contributed by atoms with E-state index in [1.165, 1.54) is 25.0 Å². The van der Waals surface area contributed by atoms with Crippen molar-refractivity contribution in [3.8, 4) is 0 Å². The van der Waals surface area contributed by atoms with Crippen molar-refractivity contribution in [2.75, 3.05) is 13.1 Å². The van der Waals surface area contributed by atoms with Gasteiger partial charge in [0.05, 0.1) is 0 Å². The number of unbranched alkanes of at least 4 members (excludes halogenated alkanes) is 1. The maximum atomic E-state index is 4.49. The molecule has 1 aliphatic heterocycles. The van der Waals surface area contributed by atoms with Crippen LogP contribution in [0.25, 0.3) is 0 Å². The highest BCUT2D eigenvalue weighted by Gasteiger charge is 2.10. The van der Waals surface area contributed by atoms with Crippen molar-refractivity contribution in [1.29, 1.82) is 0 Å². The van der Waals surface area contributed by atoms with Crippen LogP contribution in [0, 0.1) is 0 Å². The summed E-state index contributed by atoms with van der Waals surface area (Å²) in [5, 5.41) is 6.70. The molecule has 1 heterocycles. The van der Waals surface area contributed by atoms with Gasteiger partial charge in [-0.15, -0.1) is 0 Å². The van der Waals surface area contributed by atoms with Gasteiger partial charge >= 0.3 is 0 Å². The zero-order valence-electron chi connectivity index (χ0n) is 7.64. The van der Waals surface area contributed by atoms with Crippen LogP contribution in [0.2, 0.25) is 0 Å². The van der Waals surface area contributed by atoms with Crippen LogP contribution in [0.15, 0.2) is 5.10 Å². The molecule has 1 aliphatic rings. The highest BCUT2D eigenvalue weighted by atomic mass is 15.5. The van der Waals surface area contributed by atoms with Crippen LogP contribution in [0.1, 0.15) is 39.5 Å². The molecule has 0 N–H and O–H groups in total. The Morgan fingerprint density at radius 1 is 1.45 bits per heavy atom. The van der Waals surface area contributed by atoms with Crippen LogP contribution < -0.4 is 0 Å². The summed E-state index contributed by atoms with van der Waals surface area (Å²) in [6, 6.07) is 0. The lowest BCUT2D eigenvalue weighted by molar-refractivity contribution is 0.312. The first-order valence-electron chi connectivity index (χ1n) is 4.68. The van der Waals surface area contributed by atoms with E-state index in [0.29, 0.717) is 0 Å². The molecule has 0 aromatic rings. The van der Waals surface area contributed by atoms with E-state index in [0.717, 1.165) is 19.5 Å². The first-order chi connectivity index (χ1) is 5.36. The van der Waals surface area contributed by atoms with Crippen LogP contribution in [-0.2, 0) is 0 Å². The second-order valence-electron chi connectivity index (χ2n) is 3.08. The second-order valence-corrected chi connectivity index (χ2v) is 3.08. The molecule has 1 rings (SSSR count). The smallest absolute Gasteiger partial charge is 0.0413 e. The van der Waals surface area contributed by atoms with Crippen LogP contribution in [0.4, 0.5) is 0 Å². The standard InChI is InChI=1S/C9H18N2/c1-3-5-7-11-8-6-9(4-2)10-11/h3-8H2,1-2H3. The molecule has 0 saturated heterocycles. The quantitative estimate of drug-likeness (QED) is 0.606. The van der Waals surface area contributed by atoms with E-state index in [-0.39, 0.29) is 0 Å². The minimum atomic E-state index is 1.13. The zero-order valence-corrected chi connectivity index (χ0v) is 7.64. The van der Waals surface area contributed by atoms with Crippen LogP contribution in [0.3, 0.4) is 0 Å². The molecule has 64 valence electrons. The number of rotatable bonds is 4. The Labute approximate surface area is 69.3 Å². The Balaban J connectivity index is 2.22. The van der Waals surface area contributed by atoms with Crippen LogP contribution >= 0.6 is 0 Å². The normalized spacial score (nSPS) is 17.3. The average Bonchev–Trinajstić information content (AvgIpc) is 2.48. The predicted octanol–water partition coefficient (Wildman–Crippen LogP) is 2.26. The maximum Gasteiger partial charge on any atom is 0.0413 e. The van der Waals surface area contributed by atoms with E-state index < -0.39 is 0 Å². The van der Waals surface area contributed by atoms with Gasteiger partial charge in [-0.05, 0) is 12.8 Å². The molecule has 0 saturated carbocycles. The summed E-state index contributed by atoms with van der Waals surface area (Å²) in [6.45, 7) is 6.71. The molecule has 0 bridgehead atoms. The predicted molar refractivity (Wildman–Crippen MR) is 48.8 cm³/mol. The van der Waals surface area contributed by atoms with Gasteiger partial charge < -0.3 is 0 Å². The lowest BCUT2D eigenvalue weighted by Crippen LogP contribution is -2.14. The van der Waals surface area contributed by atoms with Crippen molar-refractivity contribution in [3.05, 3.63) is 0 Å². The molecule has 0 radical (unpaired) electrons. The second kappa shape index (κ2) is 4.37. The molecule has 0 spiro atoms. The number of hydrogen-bond acceptors (Lipinski definition) is 2. The van der Waals surface area contributed by atoms with E-state index in [2.05, 4.69) is 24.0 Å². The van der Waals surface area contributed by atoms with Gasteiger partial charge in [0, 0.05) is 25.2 Å². The minimum Gasteiger partial charge on any atom is -0.297 e. The van der Waals surface area contributed by atoms with Gasteiger partial charge in [-0.3, -0.25) is 5.01 Å². The highest BCUT2D eigenvalue weighted by molar-refractivity contribution is 5.85. The van der Waals surface area contributed by atoms with Crippen molar-refractivity contribution < 1.29 is 0 Å². The third kappa shape index (κ3) is 2.52. The molecule has 0 aliphatic carbocycles. The number of hydrogen-bond donors (Lipinski definition) is 0. The number of nitrogens with zero attached hydrogens (tertiary/aromatic N) is 2. The van der Waals surface area contributed by atoms with Crippen molar-refractivity contribution in [1.82, 2.24) is 5.01 Å². The van der Waals surface area contributed by atoms with Crippen LogP contribution in [0.5, 0.6) is 0 Å². The molecule has 0 amide bonds. The summed E-state index contributed by atoms with van der Waals surface area (Å²) in [4.78, 5) is 0. The molecular weight excluding hydrogens is 136 g/mol. The van der Waals surface area contributed by atoms with Gasteiger partial charge in [0.25, 0.3) is 0 Å². The maximum absolute atomic E-state index is 4.49. The van der Waals surface area contributed by atoms with E-state index in [4.69, 9.17) is 0 Å². The first-order valence-corrected chi connectivity index (χ1v) is 4.68. The molecular formula is C9H18N2. The van der Waals surface area contributed by atoms with Gasteiger partial charge in [0.15, 0.2) is 0 Å². The molecule has 11 heavy (non-hydrogen) atoms. The summed E-state index contributed by atoms with van der Waals surface area (Å²) >= 11 is 0. The monoisotopic (exact) mass is 154 g/mol. The molecule has 2 nitrogen and oxygen atoms in total. The van der Waals surface area contributed by atoms with Gasteiger partial charge in [-0.2, -0.15) is 5.10 Å². The van der Waals surface area contributed by atoms with Crippen molar-refractivity contribution in [3.63, 3.8) is 0 Å². The Bertz CT molecular complexity index is 140. The largest absolute Gasteiger partial charge is 0.297 e. The summed E-state index contributed by atoms with van der Waals surface area (Å²) in [7, 11) is 0. The van der Waals surface area contributed by atoms with Crippen LogP contribution in [-0.4, -0.2) is 23.8 Å². The van der Waals surface area contributed by atoms with Gasteiger partial charge in [-0.25, -0.2) is 0 Å². The van der Waals surface area contributed by atoms with Gasteiger partial charge in [0.1, 0.15) is 0 Å². The highest BCUT2D eigenvalue weighted by Crippen LogP contribution is 2.08. The molecule has 0 aromatic carbocycles. The minimum absolute atomic E-state index is 1.13. The fraction of sp³-hybridized carbons (Fsp3) is 0.889. The first kappa shape index (κ1) is 8.57. The van der Waals surface area contributed by atoms with Gasteiger partial charge in [-0.1, -0.05) is 20.3 Å². The average molecular weight is 154 g/mol. The summed E-state index contributed by atoms with van der Waals surface area (Å²) in [5.74, 6) is 0. The number of hydrazone groups is 1. The van der Waals surface area contributed by atoms with E-state index in [9.17, 15) is 0 Å². The Kier molecular flexibility index (Phi) is 3.40. The van der Waals surface area contributed by atoms with Gasteiger partial charge in [0.2, 0.25) is 0 Å². The molecule has 0 atom stereocenters. The topological polar surface area (TPSA) is 15.6 Å². The van der Waals surface area contributed by atoms with Crippen molar-refractivity contribution >= 4 is 5.71 Å². The molecule has 2 heteroatoms. The fourth-order valence-electron chi connectivity index (χ4n) is 1.31. The lowest BCUT2D eigenvalue weighted by atomic mass is 10.2. The lowest BCUT2D eigenvalue weighted by Gasteiger charge is -2.11. The van der Waals surface area contributed by atoms with E-state index in [1.807, 2.05) is 0 Å². The Hall–Kier alpha value is -0.530. The van der Waals surface area contributed by atoms with Crippen molar-refractivity contribution in [2.45, 2.75) is 39.5 Å². The summed E-state index contributed by atoms with van der Waals surface area (Å²) in [6.07, 6.45) is 4.87. The third-order valence-corrected chi connectivity index (χ3v) is 2.12. The third-order valence-electron chi connectivity index (χ3n) is 2.12. The zero-order chi connectivity index (χ0) is 8.10. The molecule has 0 fully saturated rings. The SMILES string of the molecule is CCCCN1CCC(CC)=N1. The fourth-order valence-corrected chi connectivity index (χ4v) is 1.31. The Morgan fingerprint density at radius 3 is 2.82 bits per heavy atom. The molecule has 0 unspecified atom stereocenters. The summed E-state index contributed by atoms with van der Waals surface area (Å²) < 4.78 is 0. The molecule has 0 aromatic heterocycles. The summed E-state index contributed by atoms with van der Waals surface area (Å²) in [5.41, 5.74) is 1.38.